The van der Waals surface area contributed by atoms with Crippen LogP contribution in [0.25, 0.3) is 11.1 Å². The van der Waals surface area contributed by atoms with Crippen LogP contribution < -0.4 is 5.90 Å². The minimum atomic E-state index is 0.513. The maximum atomic E-state index is 5.41. The number of nitrogens with zero attached hydrogens (tertiary/aromatic N) is 1. The number of hydrogen-bond acceptors (Lipinski definition) is 4. The van der Waals surface area contributed by atoms with Crippen molar-refractivity contribution >= 4 is 11.1 Å². The fourth-order valence-corrected chi connectivity index (χ4v) is 1.42. The Labute approximate surface area is 81.6 Å². The first-order valence-corrected chi connectivity index (χ1v) is 4.47. The summed E-state index contributed by atoms with van der Waals surface area (Å²) in [6.45, 7) is 2.35. The van der Waals surface area contributed by atoms with Crippen LogP contribution >= 0.6 is 0 Å². The molecular formula is C10H12N2O2. The van der Waals surface area contributed by atoms with Crippen LogP contribution in [-0.2, 0) is 11.3 Å². The molecule has 2 aromatic rings. The monoisotopic (exact) mass is 192 g/mol. The zero-order valence-corrected chi connectivity index (χ0v) is 7.99. The number of fused-ring (bicyclic) bond motifs is 1. The first-order chi connectivity index (χ1) is 6.79. The number of hydrogen-bond donors (Lipinski definition) is 1. The van der Waals surface area contributed by atoms with E-state index >= 15 is 0 Å². The van der Waals surface area contributed by atoms with Crippen molar-refractivity contribution in [2.24, 2.45) is 5.90 Å². The molecule has 1 heterocycles. The molecule has 2 N–H and O–H groups in total. The molecule has 1 aromatic carbocycles. The highest BCUT2D eigenvalue weighted by Gasteiger charge is 2.02. The third kappa shape index (κ3) is 1.76. The molecule has 0 amide bonds. The van der Waals surface area contributed by atoms with Gasteiger partial charge in [0, 0.05) is 6.92 Å². The smallest absolute Gasteiger partial charge is 0.192 e. The van der Waals surface area contributed by atoms with E-state index in [0.717, 1.165) is 23.1 Å². The molecule has 0 radical (unpaired) electrons. The van der Waals surface area contributed by atoms with Crippen molar-refractivity contribution in [1.82, 2.24) is 4.98 Å². The van der Waals surface area contributed by atoms with Crippen LogP contribution in [0.2, 0.25) is 0 Å². The van der Waals surface area contributed by atoms with Crippen LogP contribution in [0.1, 0.15) is 11.5 Å². The van der Waals surface area contributed by atoms with Gasteiger partial charge in [-0.05, 0) is 24.1 Å². The molecule has 1 aromatic heterocycles. The zero-order valence-electron chi connectivity index (χ0n) is 7.99. The number of aryl methyl sites for hydroxylation is 1. The van der Waals surface area contributed by atoms with Crippen LogP contribution in [-0.4, -0.2) is 11.6 Å². The summed E-state index contributed by atoms with van der Waals surface area (Å²) in [4.78, 5) is 8.73. The molecule has 0 saturated heterocycles. The number of aromatic nitrogens is 1. The normalized spacial score (nSPS) is 11.0. The van der Waals surface area contributed by atoms with E-state index in [0.29, 0.717) is 12.5 Å². The fourth-order valence-electron chi connectivity index (χ4n) is 1.42. The highest BCUT2D eigenvalue weighted by molar-refractivity contribution is 5.73. The summed E-state index contributed by atoms with van der Waals surface area (Å²) in [5.74, 6) is 5.64. The quantitative estimate of drug-likeness (QED) is 0.750. The lowest BCUT2D eigenvalue weighted by atomic mass is 10.1. The summed E-state index contributed by atoms with van der Waals surface area (Å²) in [6, 6.07) is 5.91. The third-order valence-corrected chi connectivity index (χ3v) is 2.07. The van der Waals surface area contributed by atoms with Crippen molar-refractivity contribution < 1.29 is 9.25 Å². The summed E-state index contributed by atoms with van der Waals surface area (Å²) in [5, 5.41) is 0. The van der Waals surface area contributed by atoms with E-state index in [-0.39, 0.29) is 0 Å². The van der Waals surface area contributed by atoms with Crippen molar-refractivity contribution in [2.75, 3.05) is 6.61 Å². The van der Waals surface area contributed by atoms with E-state index in [1.165, 1.54) is 0 Å². The second kappa shape index (κ2) is 3.77. The summed E-state index contributed by atoms with van der Waals surface area (Å²) < 4.78 is 5.41. The van der Waals surface area contributed by atoms with Gasteiger partial charge < -0.3 is 9.25 Å². The summed E-state index contributed by atoms with van der Waals surface area (Å²) >= 11 is 0. The summed E-state index contributed by atoms with van der Waals surface area (Å²) in [7, 11) is 0. The topological polar surface area (TPSA) is 61.3 Å². The van der Waals surface area contributed by atoms with E-state index in [1.54, 1.807) is 0 Å². The van der Waals surface area contributed by atoms with E-state index in [1.807, 2.05) is 25.1 Å². The predicted octanol–water partition coefficient (Wildman–Crippen LogP) is 1.57. The molecule has 0 fully saturated rings. The Morgan fingerprint density at radius 2 is 2.36 bits per heavy atom. The Hall–Kier alpha value is -1.39. The molecule has 4 heteroatoms. The standard InChI is InChI=1S/C10H12N2O2/c1-7-12-9-3-2-8(4-5-13-11)6-10(9)14-7/h2-3,6H,4-5,11H2,1H3. The van der Waals surface area contributed by atoms with E-state index in [2.05, 4.69) is 9.82 Å². The van der Waals surface area contributed by atoms with E-state index in [4.69, 9.17) is 10.3 Å². The van der Waals surface area contributed by atoms with Gasteiger partial charge in [-0.15, -0.1) is 0 Å². The van der Waals surface area contributed by atoms with Crippen molar-refractivity contribution in [1.29, 1.82) is 0 Å². The van der Waals surface area contributed by atoms with Gasteiger partial charge in [-0.3, -0.25) is 0 Å². The third-order valence-electron chi connectivity index (χ3n) is 2.07. The first-order valence-electron chi connectivity index (χ1n) is 4.47. The van der Waals surface area contributed by atoms with Crippen LogP contribution in [0.15, 0.2) is 22.6 Å². The molecule has 0 aliphatic carbocycles. The zero-order chi connectivity index (χ0) is 9.97. The fraction of sp³-hybridized carbons (Fsp3) is 0.300. The summed E-state index contributed by atoms with van der Waals surface area (Å²) in [5.41, 5.74) is 2.84. The van der Waals surface area contributed by atoms with Gasteiger partial charge in [0.25, 0.3) is 0 Å². The number of oxazole rings is 1. The predicted molar refractivity (Wildman–Crippen MR) is 52.6 cm³/mol. The van der Waals surface area contributed by atoms with Gasteiger partial charge in [0.05, 0.1) is 6.61 Å². The largest absolute Gasteiger partial charge is 0.441 e. The van der Waals surface area contributed by atoms with Crippen LogP contribution in [0.3, 0.4) is 0 Å². The SMILES string of the molecule is Cc1nc2ccc(CCON)cc2o1. The molecule has 0 atom stereocenters. The Bertz CT molecular complexity index is 437. The van der Waals surface area contributed by atoms with Gasteiger partial charge >= 0.3 is 0 Å². The maximum Gasteiger partial charge on any atom is 0.192 e. The van der Waals surface area contributed by atoms with Gasteiger partial charge in [-0.1, -0.05) is 6.07 Å². The lowest BCUT2D eigenvalue weighted by molar-refractivity contribution is 0.141. The highest BCUT2D eigenvalue weighted by Crippen LogP contribution is 2.16. The van der Waals surface area contributed by atoms with Crippen LogP contribution in [0, 0.1) is 6.92 Å². The molecule has 74 valence electrons. The van der Waals surface area contributed by atoms with Gasteiger partial charge in [0.2, 0.25) is 0 Å². The van der Waals surface area contributed by atoms with E-state index < -0.39 is 0 Å². The maximum absolute atomic E-state index is 5.41. The average Bonchev–Trinajstić information content (AvgIpc) is 2.54. The Kier molecular flexibility index (Phi) is 2.47. The first kappa shape index (κ1) is 9.18. The molecule has 0 unspecified atom stereocenters. The van der Waals surface area contributed by atoms with Gasteiger partial charge in [-0.25, -0.2) is 10.9 Å². The van der Waals surface area contributed by atoms with Crippen molar-refractivity contribution in [3.63, 3.8) is 0 Å². The summed E-state index contributed by atoms with van der Waals surface area (Å²) in [6.07, 6.45) is 0.784. The molecule has 0 bridgehead atoms. The number of rotatable bonds is 3. The molecule has 4 nitrogen and oxygen atoms in total. The number of nitrogens with two attached hydrogens (primary N) is 1. The molecule has 14 heavy (non-hydrogen) atoms. The van der Waals surface area contributed by atoms with Gasteiger partial charge in [-0.2, -0.15) is 0 Å². The molecule has 2 rings (SSSR count). The highest BCUT2D eigenvalue weighted by atomic mass is 16.6. The molecule has 0 saturated carbocycles. The van der Waals surface area contributed by atoms with Crippen LogP contribution in [0.4, 0.5) is 0 Å². The van der Waals surface area contributed by atoms with Crippen molar-refractivity contribution in [3.05, 3.63) is 29.7 Å². The lowest BCUT2D eigenvalue weighted by Gasteiger charge is -1.98. The van der Waals surface area contributed by atoms with E-state index in [9.17, 15) is 0 Å². The lowest BCUT2D eigenvalue weighted by Crippen LogP contribution is -2.03. The second-order valence-electron chi connectivity index (χ2n) is 3.16. The Morgan fingerprint density at radius 3 is 3.14 bits per heavy atom. The average molecular weight is 192 g/mol. The Morgan fingerprint density at radius 1 is 1.50 bits per heavy atom. The van der Waals surface area contributed by atoms with Crippen molar-refractivity contribution in [3.8, 4) is 0 Å². The minimum Gasteiger partial charge on any atom is -0.441 e. The molecule has 0 aliphatic heterocycles. The second-order valence-corrected chi connectivity index (χ2v) is 3.16. The molecule has 0 aliphatic rings. The van der Waals surface area contributed by atoms with Crippen molar-refractivity contribution in [2.45, 2.75) is 13.3 Å². The van der Waals surface area contributed by atoms with Gasteiger partial charge in [0.15, 0.2) is 11.5 Å². The molecular weight excluding hydrogens is 180 g/mol. The molecule has 0 spiro atoms. The van der Waals surface area contributed by atoms with Gasteiger partial charge in [0.1, 0.15) is 5.52 Å². The van der Waals surface area contributed by atoms with Crippen LogP contribution in [0.5, 0.6) is 0 Å². The Balaban J connectivity index is 2.31. The number of benzene rings is 1. The minimum absolute atomic E-state index is 0.513.